The van der Waals surface area contributed by atoms with Gasteiger partial charge in [-0.05, 0) is 95.1 Å². The lowest BCUT2D eigenvalue weighted by Gasteiger charge is -2.56. The van der Waals surface area contributed by atoms with E-state index in [0.29, 0.717) is 0 Å². The fourth-order valence-electron chi connectivity index (χ4n) is 6.64. The van der Waals surface area contributed by atoms with Gasteiger partial charge in [0.15, 0.2) is 0 Å². The Morgan fingerprint density at radius 1 is 0.382 bits per heavy atom. The van der Waals surface area contributed by atoms with E-state index in [9.17, 15) is 0 Å². The Hall–Kier alpha value is -2.86. The average Bonchev–Trinajstić information content (AvgIpc) is 2.80. The van der Waals surface area contributed by atoms with Gasteiger partial charge in [-0.15, -0.1) is 0 Å². The van der Waals surface area contributed by atoms with Gasteiger partial charge in [0.05, 0.1) is 0 Å². The summed E-state index contributed by atoms with van der Waals surface area (Å²) in [5.74, 6) is 0. The summed E-state index contributed by atoms with van der Waals surface area (Å²) in [7, 11) is 0. The van der Waals surface area contributed by atoms with Crippen LogP contribution in [-0.4, -0.2) is 0 Å². The number of hydrogen-bond donors (Lipinski definition) is 0. The summed E-state index contributed by atoms with van der Waals surface area (Å²) < 4.78 is 0. The normalized spacial score (nSPS) is 20.1. The van der Waals surface area contributed by atoms with Gasteiger partial charge in [0.2, 0.25) is 0 Å². The van der Waals surface area contributed by atoms with E-state index < -0.39 is 0 Å². The molecule has 0 heterocycles. The highest BCUT2D eigenvalue weighted by molar-refractivity contribution is 5.91. The van der Waals surface area contributed by atoms with Gasteiger partial charge in [0.25, 0.3) is 0 Å². The van der Waals surface area contributed by atoms with E-state index >= 15 is 0 Å². The van der Waals surface area contributed by atoms with Crippen molar-refractivity contribution >= 4 is 10.8 Å². The van der Waals surface area contributed by atoms with Crippen LogP contribution in [0.2, 0.25) is 0 Å². The molecule has 0 heteroatoms. The van der Waals surface area contributed by atoms with Crippen molar-refractivity contribution in [3.8, 4) is 22.3 Å². The third-order valence-electron chi connectivity index (χ3n) is 10.4. The molecule has 0 aromatic heterocycles. The number of hydrogen-bond acceptors (Lipinski definition) is 0. The number of fused-ring (bicyclic) bond motifs is 1. The first-order valence-electron chi connectivity index (χ1n) is 12.7. The second-order valence-electron chi connectivity index (χ2n) is 12.7. The van der Waals surface area contributed by atoms with Crippen molar-refractivity contribution < 1.29 is 0 Å². The lowest BCUT2D eigenvalue weighted by molar-refractivity contribution is 0.276. The molecule has 4 aromatic carbocycles. The van der Waals surface area contributed by atoms with E-state index in [2.05, 4.69) is 128 Å². The molecule has 0 radical (unpaired) electrons. The molecule has 0 atom stereocenters. The molecule has 0 nitrogen and oxygen atoms in total. The Balaban J connectivity index is 1.75. The van der Waals surface area contributed by atoms with Crippen LogP contribution in [0.3, 0.4) is 0 Å². The van der Waals surface area contributed by atoms with E-state index in [1.165, 1.54) is 55.3 Å². The predicted octanol–water partition coefficient (Wildman–Crippen LogP) is 9.31. The molecule has 2 aliphatic rings. The van der Waals surface area contributed by atoms with E-state index in [1.807, 2.05) is 0 Å². The van der Waals surface area contributed by atoms with Gasteiger partial charge in [-0.2, -0.15) is 0 Å². The average molecular weight is 445 g/mol. The minimum atomic E-state index is 0.00707. The lowest BCUT2D eigenvalue weighted by atomic mass is 9.47. The standard InChI is InChI=1S/C34H36/c1-31(2)25-14-11-15-26-29(25)30-27(33(31,5)6)19-24(20-28(30)34(7,8)32(26,3)4)23-17-16-21-12-9-10-13-22(21)18-23/h9-20H,1-8H3. The lowest BCUT2D eigenvalue weighted by Crippen LogP contribution is -2.49. The summed E-state index contributed by atoms with van der Waals surface area (Å²) in [4.78, 5) is 0. The third kappa shape index (κ3) is 2.45. The van der Waals surface area contributed by atoms with Crippen LogP contribution in [0.1, 0.15) is 77.6 Å². The molecule has 0 amide bonds. The van der Waals surface area contributed by atoms with Crippen LogP contribution in [0.15, 0.2) is 72.8 Å². The molecule has 0 spiro atoms. The Bertz CT molecular complexity index is 1420. The molecular formula is C34H36. The highest BCUT2D eigenvalue weighted by atomic mass is 14.6. The van der Waals surface area contributed by atoms with Gasteiger partial charge < -0.3 is 0 Å². The summed E-state index contributed by atoms with van der Waals surface area (Å²) in [6.45, 7) is 19.6. The Morgan fingerprint density at radius 2 is 0.853 bits per heavy atom. The smallest absolute Gasteiger partial charge is 0.000535 e. The molecule has 0 fully saturated rings. The zero-order valence-corrected chi connectivity index (χ0v) is 21.9. The van der Waals surface area contributed by atoms with Gasteiger partial charge in [-0.25, -0.2) is 0 Å². The van der Waals surface area contributed by atoms with Gasteiger partial charge >= 0.3 is 0 Å². The first kappa shape index (κ1) is 21.7. The van der Waals surface area contributed by atoms with Crippen LogP contribution in [0.25, 0.3) is 33.0 Å². The molecule has 6 rings (SSSR count). The molecule has 0 bridgehead atoms. The van der Waals surface area contributed by atoms with Crippen molar-refractivity contribution in [3.63, 3.8) is 0 Å². The highest BCUT2D eigenvalue weighted by Gasteiger charge is 2.54. The van der Waals surface area contributed by atoms with Crippen LogP contribution in [0.5, 0.6) is 0 Å². The molecule has 0 unspecified atom stereocenters. The second kappa shape index (κ2) is 6.42. The van der Waals surface area contributed by atoms with Gasteiger partial charge in [-0.3, -0.25) is 0 Å². The summed E-state index contributed by atoms with van der Waals surface area (Å²) >= 11 is 0. The monoisotopic (exact) mass is 444 g/mol. The van der Waals surface area contributed by atoms with E-state index in [0.717, 1.165) is 0 Å². The minimum absolute atomic E-state index is 0.00707. The first-order chi connectivity index (χ1) is 15.9. The zero-order chi connectivity index (χ0) is 24.3. The fraction of sp³-hybridized carbons (Fsp3) is 0.353. The SMILES string of the molecule is CC1(C)c2cccc3c2-c2c(cc(-c4ccc5ccccc5c4)cc2C(C)(C)C3(C)C)C1(C)C. The number of benzene rings is 4. The molecular weight excluding hydrogens is 408 g/mol. The summed E-state index contributed by atoms with van der Waals surface area (Å²) in [5, 5.41) is 2.60. The highest BCUT2D eigenvalue weighted by Crippen LogP contribution is 2.63. The maximum absolute atomic E-state index is 2.51. The molecule has 4 aromatic rings. The van der Waals surface area contributed by atoms with E-state index in [4.69, 9.17) is 0 Å². The third-order valence-corrected chi connectivity index (χ3v) is 10.4. The first-order valence-corrected chi connectivity index (χ1v) is 12.7. The molecule has 2 aliphatic carbocycles. The van der Waals surface area contributed by atoms with E-state index in [1.54, 1.807) is 0 Å². The summed E-state index contributed by atoms with van der Waals surface area (Å²) in [6.07, 6.45) is 0. The molecule has 0 N–H and O–H groups in total. The maximum Gasteiger partial charge on any atom is -0.000535 e. The largest absolute Gasteiger partial charge is 0.0616 e. The number of rotatable bonds is 1. The predicted molar refractivity (Wildman–Crippen MR) is 147 cm³/mol. The zero-order valence-electron chi connectivity index (χ0n) is 21.9. The molecule has 34 heavy (non-hydrogen) atoms. The quantitative estimate of drug-likeness (QED) is 0.274. The Morgan fingerprint density at radius 3 is 1.41 bits per heavy atom. The molecule has 0 saturated heterocycles. The van der Waals surface area contributed by atoms with Crippen molar-refractivity contribution in [3.05, 3.63) is 95.1 Å². The van der Waals surface area contributed by atoms with Crippen molar-refractivity contribution in [1.82, 2.24) is 0 Å². The fourth-order valence-corrected chi connectivity index (χ4v) is 6.64. The summed E-state index contributed by atoms with van der Waals surface area (Å²) in [5.41, 5.74) is 11.7. The van der Waals surface area contributed by atoms with Gasteiger partial charge in [0.1, 0.15) is 0 Å². The van der Waals surface area contributed by atoms with Crippen molar-refractivity contribution in [2.24, 2.45) is 0 Å². The van der Waals surface area contributed by atoms with Gasteiger partial charge in [0, 0.05) is 0 Å². The topological polar surface area (TPSA) is 0 Å². The Kier molecular flexibility index (Phi) is 4.09. The van der Waals surface area contributed by atoms with Crippen molar-refractivity contribution in [1.29, 1.82) is 0 Å². The van der Waals surface area contributed by atoms with Crippen LogP contribution >= 0.6 is 0 Å². The minimum Gasteiger partial charge on any atom is -0.0616 e. The van der Waals surface area contributed by atoms with Gasteiger partial charge in [-0.1, -0.05) is 110 Å². The Labute approximate surface area is 205 Å². The van der Waals surface area contributed by atoms with Crippen LogP contribution in [0, 0.1) is 0 Å². The summed E-state index contributed by atoms with van der Waals surface area (Å²) in [6, 6.07) is 27.7. The van der Waals surface area contributed by atoms with Crippen LogP contribution in [0.4, 0.5) is 0 Å². The molecule has 172 valence electrons. The molecule has 0 aliphatic heterocycles. The second-order valence-corrected chi connectivity index (χ2v) is 12.7. The van der Waals surface area contributed by atoms with Crippen molar-refractivity contribution in [2.45, 2.75) is 77.0 Å². The maximum atomic E-state index is 2.51. The van der Waals surface area contributed by atoms with Crippen LogP contribution < -0.4 is 0 Å². The molecule has 0 saturated carbocycles. The van der Waals surface area contributed by atoms with E-state index in [-0.39, 0.29) is 21.7 Å². The van der Waals surface area contributed by atoms with Crippen LogP contribution in [-0.2, 0) is 21.7 Å². The van der Waals surface area contributed by atoms with Crippen molar-refractivity contribution in [2.75, 3.05) is 0 Å².